The number of ether oxygens (including phenoxy) is 2. The van der Waals surface area contributed by atoms with Gasteiger partial charge in [0.1, 0.15) is 23.0 Å². The predicted octanol–water partition coefficient (Wildman–Crippen LogP) is 4.51. The highest BCUT2D eigenvalue weighted by molar-refractivity contribution is 6.15. The average molecular weight is 374 g/mol. The van der Waals surface area contributed by atoms with Gasteiger partial charge in [-0.15, -0.1) is 0 Å². The molecule has 1 unspecified atom stereocenters. The molecule has 4 rings (SSSR count). The van der Waals surface area contributed by atoms with Gasteiger partial charge < -0.3 is 19.7 Å². The number of benzene rings is 3. The Morgan fingerprint density at radius 2 is 1.75 bits per heavy atom. The molecule has 0 aromatic heterocycles. The lowest BCUT2D eigenvalue weighted by molar-refractivity contribution is 0.0961. The Labute approximate surface area is 162 Å². The zero-order valence-corrected chi connectivity index (χ0v) is 15.1. The topological polar surface area (TPSA) is 76.0 Å². The van der Waals surface area contributed by atoms with E-state index in [1.54, 1.807) is 55.7 Å². The van der Waals surface area contributed by atoms with Gasteiger partial charge in [0.2, 0.25) is 0 Å². The molecular formula is C23H18O5. The first-order chi connectivity index (χ1) is 13.6. The van der Waals surface area contributed by atoms with Crippen LogP contribution in [0.25, 0.3) is 6.08 Å². The fourth-order valence-corrected chi connectivity index (χ4v) is 3.22. The number of Topliss-reactive ketones (excluding diaryl/α,β-unsaturated/α-hetero) is 1. The quantitative estimate of drug-likeness (QED) is 0.660. The monoisotopic (exact) mass is 374 g/mol. The van der Waals surface area contributed by atoms with Crippen LogP contribution in [0, 0.1) is 0 Å². The molecule has 1 aliphatic heterocycles. The lowest BCUT2D eigenvalue weighted by atomic mass is 9.89. The summed E-state index contributed by atoms with van der Waals surface area (Å²) in [6.45, 7) is 0. The number of phenols is 2. The van der Waals surface area contributed by atoms with Gasteiger partial charge in [-0.3, -0.25) is 4.79 Å². The van der Waals surface area contributed by atoms with Gasteiger partial charge in [-0.1, -0.05) is 30.3 Å². The summed E-state index contributed by atoms with van der Waals surface area (Å²) in [5.74, 6) is 0.841. The van der Waals surface area contributed by atoms with Crippen molar-refractivity contribution < 1.29 is 24.5 Å². The fourth-order valence-electron chi connectivity index (χ4n) is 3.22. The van der Waals surface area contributed by atoms with Gasteiger partial charge in [0, 0.05) is 11.1 Å². The molecule has 0 radical (unpaired) electrons. The highest BCUT2D eigenvalue weighted by Gasteiger charge is 2.34. The predicted molar refractivity (Wildman–Crippen MR) is 105 cm³/mol. The average Bonchev–Trinajstić information content (AvgIpc) is 2.71. The highest BCUT2D eigenvalue weighted by Crippen LogP contribution is 2.42. The van der Waals surface area contributed by atoms with Crippen LogP contribution in [0.4, 0.5) is 0 Å². The smallest absolute Gasteiger partial charge is 0.196 e. The van der Waals surface area contributed by atoms with Crippen molar-refractivity contribution in [3.63, 3.8) is 0 Å². The van der Waals surface area contributed by atoms with E-state index < -0.39 is 6.10 Å². The third-order valence-corrected chi connectivity index (χ3v) is 4.65. The van der Waals surface area contributed by atoms with E-state index in [1.807, 2.05) is 12.1 Å². The van der Waals surface area contributed by atoms with Crippen molar-refractivity contribution in [2.45, 2.75) is 6.10 Å². The van der Waals surface area contributed by atoms with E-state index in [0.29, 0.717) is 22.6 Å². The fraction of sp³-hybridized carbons (Fsp3) is 0.0870. The maximum Gasteiger partial charge on any atom is 0.196 e. The second-order valence-corrected chi connectivity index (χ2v) is 6.44. The number of hydrogen-bond acceptors (Lipinski definition) is 5. The van der Waals surface area contributed by atoms with E-state index in [1.165, 1.54) is 12.1 Å². The zero-order valence-electron chi connectivity index (χ0n) is 15.1. The van der Waals surface area contributed by atoms with Crippen molar-refractivity contribution >= 4 is 11.9 Å². The van der Waals surface area contributed by atoms with Crippen LogP contribution in [0.15, 0.2) is 72.3 Å². The number of aromatic hydroxyl groups is 2. The molecule has 0 spiro atoms. The summed E-state index contributed by atoms with van der Waals surface area (Å²) in [7, 11) is 1.59. The van der Waals surface area contributed by atoms with Crippen LogP contribution in [0.2, 0.25) is 0 Å². The van der Waals surface area contributed by atoms with E-state index in [4.69, 9.17) is 9.47 Å². The number of phenolic OH excluding ortho intramolecular Hbond substituents is 2. The molecule has 3 aromatic rings. The highest BCUT2D eigenvalue weighted by atomic mass is 16.5. The molecule has 3 aromatic carbocycles. The number of hydrogen-bond donors (Lipinski definition) is 2. The molecule has 1 heterocycles. The molecule has 5 heteroatoms. The Kier molecular flexibility index (Phi) is 4.49. The molecule has 0 saturated carbocycles. The first kappa shape index (κ1) is 17.7. The molecule has 1 aliphatic rings. The van der Waals surface area contributed by atoms with E-state index in [9.17, 15) is 15.0 Å². The molecular weight excluding hydrogens is 356 g/mol. The van der Waals surface area contributed by atoms with E-state index >= 15 is 0 Å². The largest absolute Gasteiger partial charge is 0.508 e. The Morgan fingerprint density at radius 1 is 1.00 bits per heavy atom. The lowest BCUT2D eigenvalue weighted by Gasteiger charge is -2.28. The molecule has 5 nitrogen and oxygen atoms in total. The third-order valence-electron chi connectivity index (χ3n) is 4.65. The Bertz CT molecular complexity index is 1070. The zero-order chi connectivity index (χ0) is 19.7. The second kappa shape index (κ2) is 7.12. The number of para-hydroxylation sites is 1. The SMILES string of the molecule is COc1ccc(C=C2C(=O)c3cc(O)ccc3OC2c2ccccc2O)cc1. The van der Waals surface area contributed by atoms with Gasteiger partial charge in [0.15, 0.2) is 11.9 Å². The number of carbonyl (C=O) groups is 1. The van der Waals surface area contributed by atoms with Crippen molar-refractivity contribution in [1.29, 1.82) is 0 Å². The van der Waals surface area contributed by atoms with Crippen molar-refractivity contribution in [2.24, 2.45) is 0 Å². The van der Waals surface area contributed by atoms with Crippen LogP contribution in [-0.2, 0) is 0 Å². The number of carbonyl (C=O) groups excluding carboxylic acids is 1. The number of fused-ring (bicyclic) bond motifs is 1. The molecule has 28 heavy (non-hydrogen) atoms. The van der Waals surface area contributed by atoms with Gasteiger partial charge >= 0.3 is 0 Å². The van der Waals surface area contributed by atoms with Crippen LogP contribution >= 0.6 is 0 Å². The minimum absolute atomic E-state index is 0.0134. The van der Waals surface area contributed by atoms with E-state index in [2.05, 4.69) is 0 Å². The van der Waals surface area contributed by atoms with Crippen LogP contribution in [0.3, 0.4) is 0 Å². The van der Waals surface area contributed by atoms with Gasteiger partial charge in [-0.05, 0) is 48.0 Å². The van der Waals surface area contributed by atoms with Crippen molar-refractivity contribution in [3.05, 3.63) is 89.0 Å². The Balaban J connectivity index is 1.86. The molecule has 1 atom stereocenters. The van der Waals surface area contributed by atoms with Crippen LogP contribution in [0.5, 0.6) is 23.0 Å². The minimum Gasteiger partial charge on any atom is -0.508 e. The molecule has 0 bridgehead atoms. The summed E-state index contributed by atoms with van der Waals surface area (Å²) >= 11 is 0. The summed E-state index contributed by atoms with van der Waals surface area (Å²) in [6, 6.07) is 18.4. The normalized spacial score (nSPS) is 17.1. The molecule has 140 valence electrons. The Morgan fingerprint density at radius 3 is 2.46 bits per heavy atom. The molecule has 0 amide bonds. The van der Waals surface area contributed by atoms with Crippen LogP contribution in [-0.4, -0.2) is 23.1 Å². The van der Waals surface area contributed by atoms with Crippen molar-refractivity contribution in [2.75, 3.05) is 7.11 Å². The van der Waals surface area contributed by atoms with E-state index in [-0.39, 0.29) is 22.8 Å². The molecule has 0 saturated heterocycles. The number of rotatable bonds is 3. The molecule has 0 fully saturated rings. The minimum atomic E-state index is -0.771. The number of ketones is 1. The summed E-state index contributed by atoms with van der Waals surface area (Å²) < 4.78 is 11.2. The third kappa shape index (κ3) is 3.18. The standard InChI is InChI=1S/C23H18O5/c1-27-16-9-6-14(7-10-16)12-19-22(26)18-13-15(24)8-11-21(18)28-23(19)17-4-2-3-5-20(17)25/h2-13,23-25H,1H3. The van der Waals surface area contributed by atoms with Gasteiger partial charge in [-0.2, -0.15) is 0 Å². The van der Waals surface area contributed by atoms with Gasteiger partial charge in [-0.25, -0.2) is 0 Å². The van der Waals surface area contributed by atoms with Crippen LogP contribution < -0.4 is 9.47 Å². The molecule has 2 N–H and O–H groups in total. The lowest BCUT2D eigenvalue weighted by Crippen LogP contribution is -2.23. The van der Waals surface area contributed by atoms with Gasteiger partial charge in [0.25, 0.3) is 0 Å². The van der Waals surface area contributed by atoms with Crippen molar-refractivity contribution in [1.82, 2.24) is 0 Å². The number of methoxy groups -OCH3 is 1. The van der Waals surface area contributed by atoms with E-state index in [0.717, 1.165) is 5.56 Å². The Hall–Kier alpha value is -3.73. The van der Waals surface area contributed by atoms with Gasteiger partial charge in [0.05, 0.1) is 12.7 Å². The summed E-state index contributed by atoms with van der Waals surface area (Å²) in [6.07, 6.45) is 0.958. The van der Waals surface area contributed by atoms with Crippen molar-refractivity contribution in [3.8, 4) is 23.0 Å². The van der Waals surface area contributed by atoms with Crippen LogP contribution in [0.1, 0.15) is 27.6 Å². The summed E-state index contributed by atoms with van der Waals surface area (Å²) in [5.41, 5.74) is 1.93. The summed E-state index contributed by atoms with van der Waals surface area (Å²) in [4.78, 5) is 13.2. The second-order valence-electron chi connectivity index (χ2n) is 6.44. The first-order valence-electron chi connectivity index (χ1n) is 8.74. The maximum absolute atomic E-state index is 13.2. The summed E-state index contributed by atoms with van der Waals surface area (Å²) in [5, 5.41) is 20.1. The molecule has 0 aliphatic carbocycles. The maximum atomic E-state index is 13.2. The first-order valence-corrected chi connectivity index (χ1v) is 8.74.